The van der Waals surface area contributed by atoms with E-state index < -0.39 is 18.4 Å². The van der Waals surface area contributed by atoms with Crippen molar-refractivity contribution < 1.29 is 14.7 Å². The molecule has 0 atom stereocenters. The summed E-state index contributed by atoms with van der Waals surface area (Å²) >= 11 is 3.32. The third-order valence-corrected chi connectivity index (χ3v) is 2.84. The molecule has 6 heteroatoms. The lowest BCUT2D eigenvalue weighted by atomic mass is 10.1. The van der Waals surface area contributed by atoms with Gasteiger partial charge in [-0.1, -0.05) is 15.9 Å². The summed E-state index contributed by atoms with van der Waals surface area (Å²) in [5, 5.41) is 11.5. The van der Waals surface area contributed by atoms with Gasteiger partial charge in [-0.05, 0) is 24.3 Å². The van der Waals surface area contributed by atoms with Crippen LogP contribution in [0.5, 0.6) is 0 Å². The first-order valence-corrected chi connectivity index (χ1v) is 5.91. The maximum atomic E-state index is 11.9. The van der Waals surface area contributed by atoms with E-state index in [1.165, 1.54) is 6.20 Å². The largest absolute Gasteiger partial charge is 0.480 e. The van der Waals surface area contributed by atoms with Gasteiger partial charge >= 0.3 is 5.97 Å². The van der Waals surface area contributed by atoms with Gasteiger partial charge in [0.15, 0.2) is 0 Å². The Balaban J connectivity index is 2.40. The van der Waals surface area contributed by atoms with Gasteiger partial charge in [-0.15, -0.1) is 0 Å². The molecule has 0 aliphatic heterocycles. The average molecular weight is 309 g/mol. The summed E-state index contributed by atoms with van der Waals surface area (Å²) in [7, 11) is 0. The van der Waals surface area contributed by atoms with E-state index in [9.17, 15) is 9.59 Å². The Hall–Kier alpha value is -1.95. The minimum Gasteiger partial charge on any atom is -0.480 e. The standard InChI is InChI=1S/C12H9BrN2O3/c13-7-1-2-10-9(5-7)8(3-4-14-10)12(18)15-6-11(16)17/h1-5H,6H2,(H,15,18)(H,16,17). The minimum atomic E-state index is -1.08. The second-order valence-electron chi connectivity index (χ2n) is 3.60. The lowest BCUT2D eigenvalue weighted by Gasteiger charge is -2.06. The van der Waals surface area contributed by atoms with E-state index >= 15 is 0 Å². The number of carboxylic acids is 1. The van der Waals surface area contributed by atoms with Crippen molar-refractivity contribution in [3.05, 3.63) is 40.5 Å². The zero-order chi connectivity index (χ0) is 13.1. The number of halogens is 1. The summed E-state index contributed by atoms with van der Waals surface area (Å²) in [4.78, 5) is 26.4. The molecule has 1 aromatic heterocycles. The van der Waals surface area contributed by atoms with Gasteiger partial charge in [0.1, 0.15) is 6.54 Å². The SMILES string of the molecule is O=C(O)CNC(=O)c1ccnc2ccc(Br)cc12. The Kier molecular flexibility index (Phi) is 3.57. The molecule has 0 unspecified atom stereocenters. The molecule has 2 rings (SSSR count). The molecule has 2 aromatic rings. The van der Waals surface area contributed by atoms with Crippen LogP contribution in [0, 0.1) is 0 Å². The molecule has 2 N–H and O–H groups in total. The summed E-state index contributed by atoms with van der Waals surface area (Å²) in [6.45, 7) is -0.406. The number of pyridine rings is 1. The van der Waals surface area contributed by atoms with Gasteiger partial charge in [0.05, 0.1) is 11.1 Å². The van der Waals surface area contributed by atoms with Gasteiger partial charge in [-0.3, -0.25) is 14.6 Å². The van der Waals surface area contributed by atoms with Crippen LogP contribution in [0.2, 0.25) is 0 Å². The number of aliphatic carboxylic acids is 1. The van der Waals surface area contributed by atoms with Crippen LogP contribution in [0.3, 0.4) is 0 Å². The molecular weight excluding hydrogens is 300 g/mol. The molecule has 18 heavy (non-hydrogen) atoms. The number of carbonyl (C=O) groups excluding carboxylic acids is 1. The number of aromatic nitrogens is 1. The van der Waals surface area contributed by atoms with Gasteiger partial charge in [0.2, 0.25) is 0 Å². The third-order valence-electron chi connectivity index (χ3n) is 2.35. The maximum Gasteiger partial charge on any atom is 0.322 e. The van der Waals surface area contributed by atoms with Crippen LogP contribution in [-0.2, 0) is 4.79 Å². The van der Waals surface area contributed by atoms with Crippen LogP contribution in [0.1, 0.15) is 10.4 Å². The van der Waals surface area contributed by atoms with Gasteiger partial charge in [-0.25, -0.2) is 0 Å². The molecule has 5 nitrogen and oxygen atoms in total. The molecule has 1 aromatic carbocycles. The Morgan fingerprint density at radius 1 is 1.33 bits per heavy atom. The van der Waals surface area contributed by atoms with E-state index in [1.807, 2.05) is 6.07 Å². The number of hydrogen-bond acceptors (Lipinski definition) is 3. The molecule has 92 valence electrons. The lowest BCUT2D eigenvalue weighted by molar-refractivity contribution is -0.135. The fourth-order valence-electron chi connectivity index (χ4n) is 1.57. The van der Waals surface area contributed by atoms with Crippen LogP contribution in [0.25, 0.3) is 10.9 Å². The second kappa shape index (κ2) is 5.14. The first kappa shape index (κ1) is 12.5. The topological polar surface area (TPSA) is 79.3 Å². The molecule has 0 spiro atoms. The number of amides is 1. The molecule has 1 heterocycles. The van der Waals surface area contributed by atoms with E-state index in [0.29, 0.717) is 16.5 Å². The summed E-state index contributed by atoms with van der Waals surface area (Å²) in [5.74, 6) is -1.51. The average Bonchev–Trinajstić information content (AvgIpc) is 2.35. The van der Waals surface area contributed by atoms with Gasteiger partial charge in [-0.2, -0.15) is 0 Å². The van der Waals surface area contributed by atoms with Crippen molar-refractivity contribution in [2.24, 2.45) is 0 Å². The number of nitrogens with one attached hydrogen (secondary N) is 1. The van der Waals surface area contributed by atoms with Crippen LogP contribution < -0.4 is 5.32 Å². The van der Waals surface area contributed by atoms with Crippen molar-refractivity contribution in [3.63, 3.8) is 0 Å². The first-order valence-electron chi connectivity index (χ1n) is 5.12. The Labute approximate surface area is 111 Å². The minimum absolute atomic E-state index is 0.405. The number of hydrogen-bond donors (Lipinski definition) is 2. The smallest absolute Gasteiger partial charge is 0.322 e. The molecule has 0 aliphatic rings. The van der Waals surface area contributed by atoms with Crippen molar-refractivity contribution in [2.75, 3.05) is 6.54 Å². The highest BCUT2D eigenvalue weighted by Gasteiger charge is 2.11. The summed E-state index contributed by atoms with van der Waals surface area (Å²) < 4.78 is 0.829. The van der Waals surface area contributed by atoms with Crippen LogP contribution in [-0.4, -0.2) is 28.5 Å². The Morgan fingerprint density at radius 3 is 2.83 bits per heavy atom. The van der Waals surface area contributed by atoms with E-state index in [-0.39, 0.29) is 0 Å². The molecule has 0 fully saturated rings. The van der Waals surface area contributed by atoms with E-state index in [4.69, 9.17) is 5.11 Å². The normalized spacial score (nSPS) is 10.3. The molecule has 1 amide bonds. The highest BCUT2D eigenvalue weighted by atomic mass is 79.9. The highest BCUT2D eigenvalue weighted by molar-refractivity contribution is 9.10. The van der Waals surface area contributed by atoms with Gasteiger partial charge in [0.25, 0.3) is 5.91 Å². The molecular formula is C12H9BrN2O3. The fourth-order valence-corrected chi connectivity index (χ4v) is 1.93. The van der Waals surface area contributed by atoms with Gasteiger partial charge < -0.3 is 10.4 Å². The zero-order valence-corrected chi connectivity index (χ0v) is 10.8. The monoisotopic (exact) mass is 308 g/mol. The summed E-state index contributed by atoms with van der Waals surface area (Å²) in [5.41, 5.74) is 1.09. The van der Waals surface area contributed by atoms with Crippen molar-refractivity contribution >= 4 is 38.7 Å². The Morgan fingerprint density at radius 2 is 2.11 bits per heavy atom. The molecule has 0 aliphatic carbocycles. The number of fused-ring (bicyclic) bond motifs is 1. The Bertz CT molecular complexity index is 628. The number of nitrogens with zero attached hydrogens (tertiary/aromatic N) is 1. The third kappa shape index (κ3) is 2.65. The maximum absolute atomic E-state index is 11.9. The van der Waals surface area contributed by atoms with Crippen LogP contribution >= 0.6 is 15.9 Å². The summed E-state index contributed by atoms with van der Waals surface area (Å²) in [6.07, 6.45) is 1.52. The lowest BCUT2D eigenvalue weighted by Crippen LogP contribution is -2.29. The van der Waals surface area contributed by atoms with Crippen molar-refractivity contribution in [2.45, 2.75) is 0 Å². The van der Waals surface area contributed by atoms with Crippen LogP contribution in [0.4, 0.5) is 0 Å². The van der Waals surface area contributed by atoms with E-state index in [0.717, 1.165) is 4.47 Å². The second-order valence-corrected chi connectivity index (χ2v) is 4.51. The number of carbonyl (C=O) groups is 2. The van der Waals surface area contributed by atoms with E-state index in [1.54, 1.807) is 18.2 Å². The predicted octanol–water partition coefficient (Wildman–Crippen LogP) is 1.81. The van der Waals surface area contributed by atoms with Crippen molar-refractivity contribution in [1.82, 2.24) is 10.3 Å². The molecule has 0 saturated carbocycles. The molecule has 0 radical (unpaired) electrons. The number of benzene rings is 1. The van der Waals surface area contributed by atoms with E-state index in [2.05, 4.69) is 26.2 Å². The van der Waals surface area contributed by atoms with Gasteiger partial charge in [0, 0.05) is 16.1 Å². The van der Waals surface area contributed by atoms with Crippen molar-refractivity contribution in [1.29, 1.82) is 0 Å². The first-order chi connectivity index (χ1) is 8.58. The quantitative estimate of drug-likeness (QED) is 0.906. The zero-order valence-electron chi connectivity index (χ0n) is 9.18. The number of rotatable bonds is 3. The van der Waals surface area contributed by atoms with Crippen LogP contribution in [0.15, 0.2) is 34.9 Å². The number of carboxylic acid groups (broad SMARTS) is 1. The molecule has 0 saturated heterocycles. The van der Waals surface area contributed by atoms with Crippen molar-refractivity contribution in [3.8, 4) is 0 Å². The fraction of sp³-hybridized carbons (Fsp3) is 0.0833. The highest BCUT2D eigenvalue weighted by Crippen LogP contribution is 2.21. The summed E-state index contributed by atoms with van der Waals surface area (Å²) in [6, 6.07) is 6.95. The molecule has 0 bridgehead atoms. The predicted molar refractivity (Wildman–Crippen MR) is 69.4 cm³/mol.